The van der Waals surface area contributed by atoms with Crippen LogP contribution < -0.4 is 5.32 Å². The number of likely N-dealkylation sites (N-methyl/N-ethyl adjacent to an activating group) is 1. The van der Waals surface area contributed by atoms with Gasteiger partial charge in [0.25, 0.3) is 0 Å². The molecule has 0 aromatic heterocycles. The Hall–Kier alpha value is -1.01. The molecule has 1 aliphatic heterocycles. The van der Waals surface area contributed by atoms with E-state index >= 15 is 0 Å². The summed E-state index contributed by atoms with van der Waals surface area (Å²) in [5.41, 5.74) is 1.21. The number of methoxy groups -OCH3 is 1. The first-order chi connectivity index (χ1) is 9.11. The molecule has 1 unspecified atom stereocenters. The van der Waals surface area contributed by atoms with Crippen LogP contribution in [0.15, 0.2) is 18.2 Å². The minimum atomic E-state index is -0.516. The van der Waals surface area contributed by atoms with Crippen LogP contribution in [0.4, 0.5) is 0 Å². The van der Waals surface area contributed by atoms with Crippen LogP contribution in [0.5, 0.6) is 5.75 Å². The van der Waals surface area contributed by atoms with Crippen LogP contribution in [-0.2, 0) is 4.74 Å². The van der Waals surface area contributed by atoms with Crippen molar-refractivity contribution < 1.29 is 14.6 Å². The van der Waals surface area contributed by atoms with Crippen LogP contribution in [0.2, 0.25) is 0 Å². The standard InChI is InChI=1S/C14H20N2O3.2ClH/c1-16-7-5-12(15-6-8-16)10-3-4-11(13(17)9-10)14(18)19-2;;/h3-4,9,12,15,17H,5-8H2,1-2H3;2*1H. The number of ether oxygens (including phenoxy) is 1. The van der Waals surface area contributed by atoms with E-state index in [-0.39, 0.29) is 42.2 Å². The zero-order valence-electron chi connectivity index (χ0n) is 12.2. The molecule has 0 aliphatic carbocycles. The molecule has 1 aliphatic rings. The smallest absolute Gasteiger partial charge is 0.341 e. The van der Waals surface area contributed by atoms with Gasteiger partial charge < -0.3 is 20.1 Å². The molecule has 0 spiro atoms. The Morgan fingerprint density at radius 3 is 2.71 bits per heavy atom. The minimum Gasteiger partial charge on any atom is -0.507 e. The van der Waals surface area contributed by atoms with Crippen molar-refractivity contribution in [3.05, 3.63) is 29.3 Å². The minimum absolute atomic E-state index is 0. The number of phenolic OH excluding ortho intramolecular Hbond substituents is 1. The largest absolute Gasteiger partial charge is 0.507 e. The first kappa shape index (κ1) is 20.0. The molecule has 2 N–H and O–H groups in total. The number of hydrogen-bond acceptors (Lipinski definition) is 5. The number of benzene rings is 1. The summed E-state index contributed by atoms with van der Waals surface area (Å²) in [7, 11) is 3.40. The highest BCUT2D eigenvalue weighted by atomic mass is 35.5. The molecule has 0 amide bonds. The molecule has 1 fully saturated rings. The fourth-order valence-corrected chi connectivity index (χ4v) is 2.33. The van der Waals surface area contributed by atoms with E-state index in [9.17, 15) is 9.90 Å². The van der Waals surface area contributed by atoms with Gasteiger partial charge in [0, 0.05) is 19.1 Å². The fraction of sp³-hybridized carbons (Fsp3) is 0.500. The molecule has 21 heavy (non-hydrogen) atoms. The number of phenols is 1. The summed E-state index contributed by atoms with van der Waals surface area (Å²) < 4.78 is 4.62. The molecule has 1 atom stereocenters. The second kappa shape index (κ2) is 9.10. The first-order valence-corrected chi connectivity index (χ1v) is 6.45. The van der Waals surface area contributed by atoms with Gasteiger partial charge in [0.05, 0.1) is 7.11 Å². The Morgan fingerprint density at radius 2 is 2.10 bits per heavy atom. The van der Waals surface area contributed by atoms with Crippen LogP contribution in [-0.4, -0.2) is 49.8 Å². The summed E-state index contributed by atoms with van der Waals surface area (Å²) in [6, 6.07) is 5.35. The molecule has 7 heteroatoms. The van der Waals surface area contributed by atoms with Gasteiger partial charge in [0.1, 0.15) is 11.3 Å². The Labute approximate surface area is 137 Å². The molecule has 120 valence electrons. The lowest BCUT2D eigenvalue weighted by atomic mass is 10.0. The summed E-state index contributed by atoms with van der Waals surface area (Å²) in [5, 5.41) is 13.4. The van der Waals surface area contributed by atoms with E-state index in [0.29, 0.717) is 0 Å². The van der Waals surface area contributed by atoms with Crippen molar-refractivity contribution in [3.63, 3.8) is 0 Å². The molecule has 2 rings (SSSR count). The number of carbonyl (C=O) groups is 1. The quantitative estimate of drug-likeness (QED) is 0.808. The van der Waals surface area contributed by atoms with Gasteiger partial charge in [-0.25, -0.2) is 4.79 Å². The van der Waals surface area contributed by atoms with Gasteiger partial charge in [-0.3, -0.25) is 0 Å². The molecule has 0 saturated carbocycles. The normalized spacial score (nSPS) is 18.9. The topological polar surface area (TPSA) is 61.8 Å². The van der Waals surface area contributed by atoms with Crippen molar-refractivity contribution in [2.24, 2.45) is 0 Å². The van der Waals surface area contributed by atoms with E-state index < -0.39 is 5.97 Å². The highest BCUT2D eigenvalue weighted by Crippen LogP contribution is 2.26. The van der Waals surface area contributed by atoms with E-state index in [1.165, 1.54) is 7.11 Å². The molecule has 0 bridgehead atoms. The van der Waals surface area contributed by atoms with Gasteiger partial charge >= 0.3 is 5.97 Å². The average Bonchev–Trinajstić information content (AvgIpc) is 2.62. The highest BCUT2D eigenvalue weighted by Gasteiger charge is 2.18. The molecular formula is C14H22Cl2N2O3. The van der Waals surface area contributed by atoms with Gasteiger partial charge in [-0.2, -0.15) is 0 Å². The summed E-state index contributed by atoms with van der Waals surface area (Å²) in [6.07, 6.45) is 0.980. The van der Waals surface area contributed by atoms with Gasteiger partial charge in [-0.05, 0) is 37.7 Å². The number of rotatable bonds is 2. The van der Waals surface area contributed by atoms with Crippen molar-refractivity contribution in [2.75, 3.05) is 33.8 Å². The van der Waals surface area contributed by atoms with E-state index in [0.717, 1.165) is 31.6 Å². The Bertz CT molecular complexity index is 472. The Balaban J connectivity index is 0.00000200. The summed E-state index contributed by atoms with van der Waals surface area (Å²) >= 11 is 0. The highest BCUT2D eigenvalue weighted by molar-refractivity contribution is 5.92. The maximum atomic E-state index is 11.4. The van der Waals surface area contributed by atoms with Crippen LogP contribution >= 0.6 is 24.8 Å². The van der Waals surface area contributed by atoms with E-state index in [2.05, 4.69) is 22.0 Å². The van der Waals surface area contributed by atoms with Gasteiger partial charge in [-0.15, -0.1) is 24.8 Å². The number of halogens is 2. The fourth-order valence-electron chi connectivity index (χ4n) is 2.33. The van der Waals surface area contributed by atoms with E-state index in [4.69, 9.17) is 0 Å². The Kier molecular flexibility index (Phi) is 8.66. The molecule has 1 aromatic rings. The maximum absolute atomic E-state index is 11.4. The van der Waals surface area contributed by atoms with Gasteiger partial charge in [-0.1, -0.05) is 6.07 Å². The number of esters is 1. The monoisotopic (exact) mass is 336 g/mol. The second-order valence-corrected chi connectivity index (χ2v) is 4.87. The molecular weight excluding hydrogens is 315 g/mol. The summed E-state index contributed by atoms with van der Waals surface area (Å²) in [5.74, 6) is -0.540. The lowest BCUT2D eigenvalue weighted by molar-refractivity contribution is 0.0597. The molecule has 1 heterocycles. The third-order valence-electron chi connectivity index (χ3n) is 3.51. The number of nitrogens with zero attached hydrogens (tertiary/aromatic N) is 1. The zero-order valence-corrected chi connectivity index (χ0v) is 13.8. The van der Waals surface area contributed by atoms with E-state index in [1.54, 1.807) is 12.1 Å². The number of hydrogen-bond donors (Lipinski definition) is 2. The zero-order chi connectivity index (χ0) is 13.8. The van der Waals surface area contributed by atoms with Crippen LogP contribution in [0.3, 0.4) is 0 Å². The van der Waals surface area contributed by atoms with Crippen molar-refractivity contribution in [2.45, 2.75) is 12.5 Å². The molecule has 1 saturated heterocycles. The molecule has 5 nitrogen and oxygen atoms in total. The van der Waals surface area contributed by atoms with E-state index in [1.807, 2.05) is 6.07 Å². The number of nitrogens with one attached hydrogen (secondary N) is 1. The van der Waals surface area contributed by atoms with Gasteiger partial charge in [0.15, 0.2) is 0 Å². The molecule has 1 aromatic carbocycles. The predicted octanol–water partition coefficient (Wildman–Crippen LogP) is 1.99. The average molecular weight is 337 g/mol. The van der Waals surface area contributed by atoms with Crippen molar-refractivity contribution in [1.29, 1.82) is 0 Å². The lowest BCUT2D eigenvalue weighted by Gasteiger charge is -2.17. The third kappa shape index (κ3) is 5.04. The summed E-state index contributed by atoms with van der Waals surface area (Å²) in [6.45, 7) is 2.95. The number of aromatic hydroxyl groups is 1. The number of carbonyl (C=O) groups excluding carboxylic acids is 1. The lowest BCUT2D eigenvalue weighted by Crippen LogP contribution is -2.25. The predicted molar refractivity (Wildman–Crippen MR) is 86.8 cm³/mol. The van der Waals surface area contributed by atoms with Crippen LogP contribution in [0.1, 0.15) is 28.4 Å². The maximum Gasteiger partial charge on any atom is 0.341 e. The Morgan fingerprint density at radius 1 is 1.38 bits per heavy atom. The second-order valence-electron chi connectivity index (χ2n) is 4.87. The third-order valence-corrected chi connectivity index (χ3v) is 3.51. The van der Waals surface area contributed by atoms with Crippen LogP contribution in [0.25, 0.3) is 0 Å². The van der Waals surface area contributed by atoms with Crippen LogP contribution in [0, 0.1) is 0 Å². The SMILES string of the molecule is COC(=O)c1ccc(C2CCN(C)CCN2)cc1O.Cl.Cl. The van der Waals surface area contributed by atoms with Crippen molar-refractivity contribution in [3.8, 4) is 5.75 Å². The van der Waals surface area contributed by atoms with Gasteiger partial charge in [0.2, 0.25) is 0 Å². The first-order valence-electron chi connectivity index (χ1n) is 6.45. The summed E-state index contributed by atoms with van der Waals surface area (Å²) in [4.78, 5) is 13.7. The van der Waals surface area contributed by atoms with Crippen molar-refractivity contribution in [1.82, 2.24) is 10.2 Å². The van der Waals surface area contributed by atoms with Crippen molar-refractivity contribution >= 4 is 30.8 Å². The molecule has 0 radical (unpaired) electrons.